The molecule has 2 fully saturated rings. The molecule has 2 rings (SSSR count). The van der Waals surface area contributed by atoms with Gasteiger partial charge >= 0.3 is 0 Å². The van der Waals surface area contributed by atoms with Crippen LogP contribution in [0.5, 0.6) is 0 Å². The molecule has 2 heterocycles. The predicted molar refractivity (Wildman–Crippen MR) is 45.0 cm³/mol. The third-order valence-corrected chi connectivity index (χ3v) is 3.07. The fraction of sp³-hybridized carbons (Fsp3) is 0.875. The van der Waals surface area contributed by atoms with Gasteiger partial charge in [0.15, 0.2) is 0 Å². The van der Waals surface area contributed by atoms with Crippen molar-refractivity contribution in [3.05, 3.63) is 0 Å². The number of likely N-dealkylation sites (tertiary alicyclic amines) is 1. The van der Waals surface area contributed by atoms with Crippen LogP contribution in [-0.4, -0.2) is 41.5 Å². The van der Waals surface area contributed by atoms with Gasteiger partial charge in [0.1, 0.15) is 6.04 Å². The van der Waals surface area contributed by atoms with E-state index >= 15 is 0 Å². The zero-order chi connectivity index (χ0) is 9.09. The molecular weight excluding hydrogens is 154 g/mol. The van der Waals surface area contributed by atoms with Gasteiger partial charge in [0, 0.05) is 19.0 Å². The van der Waals surface area contributed by atoms with Gasteiger partial charge in [-0.1, -0.05) is 13.8 Å². The van der Waals surface area contributed by atoms with Crippen molar-refractivity contribution < 1.29 is 4.79 Å². The topological polar surface area (TPSA) is 49.6 Å². The molecule has 0 aromatic rings. The Morgan fingerprint density at radius 3 is 2.67 bits per heavy atom. The molecule has 2 aliphatic rings. The molecule has 2 unspecified atom stereocenters. The highest BCUT2D eigenvalue weighted by molar-refractivity contribution is 5.90. The molecule has 2 aliphatic heterocycles. The van der Waals surface area contributed by atoms with Crippen LogP contribution >= 0.6 is 0 Å². The summed E-state index contributed by atoms with van der Waals surface area (Å²) in [5.41, 5.74) is 0.141. The van der Waals surface area contributed by atoms with Crippen molar-refractivity contribution in [3.63, 3.8) is 0 Å². The van der Waals surface area contributed by atoms with Crippen LogP contribution in [0.15, 0.2) is 0 Å². The summed E-state index contributed by atoms with van der Waals surface area (Å²) >= 11 is 0. The SMILES string of the molecule is CN1C(=O)C2C1C(C)(C)CN2N. The number of nitrogens with zero attached hydrogens (tertiary/aromatic N) is 2. The third kappa shape index (κ3) is 0.716. The first-order valence-corrected chi connectivity index (χ1v) is 4.23. The van der Waals surface area contributed by atoms with E-state index in [4.69, 9.17) is 5.84 Å². The maximum atomic E-state index is 11.3. The lowest BCUT2D eigenvalue weighted by atomic mass is 9.79. The van der Waals surface area contributed by atoms with E-state index in [9.17, 15) is 4.79 Å². The van der Waals surface area contributed by atoms with Crippen LogP contribution in [0, 0.1) is 5.41 Å². The Bertz CT molecular complexity index is 238. The second-order valence-corrected chi connectivity index (χ2v) is 4.50. The van der Waals surface area contributed by atoms with Gasteiger partial charge in [-0.3, -0.25) is 10.6 Å². The number of hydrogen-bond acceptors (Lipinski definition) is 3. The Morgan fingerprint density at radius 2 is 2.17 bits per heavy atom. The maximum absolute atomic E-state index is 11.3. The van der Waals surface area contributed by atoms with Gasteiger partial charge in [0.2, 0.25) is 5.91 Å². The van der Waals surface area contributed by atoms with E-state index in [0.29, 0.717) is 6.04 Å². The highest BCUT2D eigenvalue weighted by atomic mass is 16.2. The lowest BCUT2D eigenvalue weighted by Crippen LogP contribution is -2.68. The minimum Gasteiger partial charge on any atom is -0.339 e. The molecule has 2 N–H and O–H groups in total. The van der Waals surface area contributed by atoms with E-state index in [0.717, 1.165) is 6.54 Å². The fourth-order valence-corrected chi connectivity index (χ4v) is 2.55. The molecule has 2 atom stereocenters. The highest BCUT2D eigenvalue weighted by Crippen LogP contribution is 2.42. The molecule has 0 aromatic heterocycles. The summed E-state index contributed by atoms with van der Waals surface area (Å²) in [5.74, 6) is 5.89. The number of nitrogens with two attached hydrogens (primary N) is 1. The Kier molecular flexibility index (Phi) is 1.34. The molecule has 0 bridgehead atoms. The second kappa shape index (κ2) is 2.00. The summed E-state index contributed by atoms with van der Waals surface area (Å²) in [7, 11) is 1.85. The van der Waals surface area contributed by atoms with Crippen molar-refractivity contribution in [1.29, 1.82) is 0 Å². The van der Waals surface area contributed by atoms with E-state index in [-0.39, 0.29) is 17.4 Å². The quantitative estimate of drug-likeness (QED) is 0.389. The monoisotopic (exact) mass is 169 g/mol. The van der Waals surface area contributed by atoms with Gasteiger partial charge in [-0.05, 0) is 0 Å². The first-order valence-electron chi connectivity index (χ1n) is 4.23. The molecule has 0 radical (unpaired) electrons. The van der Waals surface area contributed by atoms with Crippen LogP contribution in [0.25, 0.3) is 0 Å². The fourth-order valence-electron chi connectivity index (χ4n) is 2.55. The number of β-lactam (4-membered cyclic amide) rings is 1. The van der Waals surface area contributed by atoms with Crippen molar-refractivity contribution in [2.45, 2.75) is 25.9 Å². The average Bonchev–Trinajstić information content (AvgIpc) is 2.16. The number of amides is 1. The van der Waals surface area contributed by atoms with Crippen LogP contribution < -0.4 is 5.84 Å². The smallest absolute Gasteiger partial charge is 0.243 e. The minimum absolute atomic E-state index is 0.0509. The summed E-state index contributed by atoms with van der Waals surface area (Å²) < 4.78 is 0. The number of carbonyl (C=O) groups is 1. The maximum Gasteiger partial charge on any atom is 0.243 e. The largest absolute Gasteiger partial charge is 0.339 e. The minimum atomic E-state index is -0.0509. The second-order valence-electron chi connectivity index (χ2n) is 4.50. The lowest BCUT2D eigenvalue weighted by Gasteiger charge is -2.46. The number of likely N-dealkylation sites (N-methyl/N-ethyl adjacent to an activating group) is 1. The molecule has 0 saturated carbocycles. The van der Waals surface area contributed by atoms with Crippen LogP contribution in [0.1, 0.15) is 13.8 Å². The van der Waals surface area contributed by atoms with Gasteiger partial charge < -0.3 is 4.90 Å². The van der Waals surface area contributed by atoms with Gasteiger partial charge in [-0.15, -0.1) is 0 Å². The zero-order valence-electron chi connectivity index (χ0n) is 7.74. The predicted octanol–water partition coefficient (Wildman–Crippen LogP) is -0.589. The number of hydrogen-bond donors (Lipinski definition) is 1. The highest BCUT2D eigenvalue weighted by Gasteiger charge is 2.60. The van der Waals surface area contributed by atoms with Crippen molar-refractivity contribution in [3.8, 4) is 0 Å². The standard InChI is InChI=1S/C8H15N3O/c1-8(2)4-11(9)5-6(8)10(3)7(5)12/h5-6H,4,9H2,1-3H3. The van der Waals surface area contributed by atoms with E-state index in [1.54, 1.807) is 9.91 Å². The van der Waals surface area contributed by atoms with Crippen molar-refractivity contribution in [2.75, 3.05) is 13.6 Å². The van der Waals surface area contributed by atoms with E-state index < -0.39 is 0 Å². The zero-order valence-corrected chi connectivity index (χ0v) is 7.74. The van der Waals surface area contributed by atoms with Gasteiger partial charge in [-0.2, -0.15) is 0 Å². The first-order chi connectivity index (χ1) is 5.45. The van der Waals surface area contributed by atoms with E-state index in [2.05, 4.69) is 13.8 Å². The van der Waals surface area contributed by atoms with Crippen molar-refractivity contribution in [1.82, 2.24) is 9.91 Å². The molecule has 68 valence electrons. The molecule has 1 amide bonds. The molecular formula is C8H15N3O. The molecule has 2 saturated heterocycles. The normalized spacial score (nSPS) is 39.7. The van der Waals surface area contributed by atoms with Crippen LogP contribution in [0.3, 0.4) is 0 Å². The van der Waals surface area contributed by atoms with Gasteiger partial charge in [-0.25, -0.2) is 5.01 Å². The summed E-state index contributed by atoms with van der Waals surface area (Å²) in [6, 6.07) is 0.264. The number of fused-ring (bicyclic) bond motifs is 1. The molecule has 12 heavy (non-hydrogen) atoms. The molecule has 0 aliphatic carbocycles. The summed E-state index contributed by atoms with van der Waals surface area (Å²) in [5, 5.41) is 1.67. The molecule has 0 spiro atoms. The van der Waals surface area contributed by atoms with Crippen molar-refractivity contribution >= 4 is 5.91 Å². The Balaban J connectivity index is 2.28. The molecule has 4 heteroatoms. The molecule has 0 aromatic carbocycles. The summed E-state index contributed by atoms with van der Waals surface area (Å²) in [4.78, 5) is 13.1. The average molecular weight is 169 g/mol. The van der Waals surface area contributed by atoms with Crippen LogP contribution in [0.4, 0.5) is 0 Å². The van der Waals surface area contributed by atoms with Crippen LogP contribution in [-0.2, 0) is 4.79 Å². The summed E-state index contributed by atoms with van der Waals surface area (Å²) in [6.07, 6.45) is 0. The van der Waals surface area contributed by atoms with Crippen molar-refractivity contribution in [2.24, 2.45) is 11.3 Å². The van der Waals surface area contributed by atoms with Crippen LogP contribution in [0.2, 0.25) is 0 Å². The number of carbonyl (C=O) groups excluding carboxylic acids is 1. The van der Waals surface area contributed by atoms with Gasteiger partial charge in [0.25, 0.3) is 0 Å². The number of rotatable bonds is 0. The first kappa shape index (κ1) is 8.01. The third-order valence-electron chi connectivity index (χ3n) is 3.07. The van der Waals surface area contributed by atoms with E-state index in [1.807, 2.05) is 7.05 Å². The van der Waals surface area contributed by atoms with E-state index in [1.165, 1.54) is 0 Å². The number of hydrazine groups is 1. The Hall–Kier alpha value is -0.610. The lowest BCUT2D eigenvalue weighted by molar-refractivity contribution is -0.153. The molecule has 4 nitrogen and oxygen atoms in total. The Labute approximate surface area is 72.3 Å². The summed E-state index contributed by atoms with van der Waals surface area (Å²) in [6.45, 7) is 5.11. The Morgan fingerprint density at radius 1 is 1.58 bits per heavy atom. The van der Waals surface area contributed by atoms with Gasteiger partial charge in [0.05, 0.1) is 6.04 Å².